The fourth-order valence-electron chi connectivity index (χ4n) is 1.47. The molecule has 1 aromatic rings. The highest BCUT2D eigenvalue weighted by Crippen LogP contribution is 2.20. The Hall–Kier alpha value is -1.84. The average molecular weight is 220 g/mol. The normalized spacial score (nSPS) is 13.2. The van der Waals surface area contributed by atoms with Gasteiger partial charge in [-0.3, -0.25) is 4.79 Å². The number of rotatable bonds is 3. The fourth-order valence-corrected chi connectivity index (χ4v) is 1.47. The van der Waals surface area contributed by atoms with Crippen molar-refractivity contribution in [2.24, 2.45) is 10.9 Å². The summed E-state index contributed by atoms with van der Waals surface area (Å²) in [7, 11) is 0. The van der Waals surface area contributed by atoms with Gasteiger partial charge in [0.15, 0.2) is 0 Å². The summed E-state index contributed by atoms with van der Waals surface area (Å²) >= 11 is 0. The van der Waals surface area contributed by atoms with E-state index in [0.29, 0.717) is 6.42 Å². The van der Waals surface area contributed by atoms with Crippen LogP contribution in [0.1, 0.15) is 31.7 Å². The van der Waals surface area contributed by atoms with Crippen molar-refractivity contribution in [1.29, 1.82) is 0 Å². The van der Waals surface area contributed by atoms with Crippen LogP contribution in [0.4, 0.5) is 0 Å². The molecule has 0 heterocycles. The Balaban J connectivity index is 2.79. The number of hydrogen-bond acceptors (Lipinski definition) is 4. The lowest BCUT2D eigenvalue weighted by Gasteiger charge is -2.13. The van der Waals surface area contributed by atoms with Crippen molar-refractivity contribution in [3.63, 3.8) is 0 Å². The first-order valence-electron chi connectivity index (χ1n) is 5.20. The van der Waals surface area contributed by atoms with E-state index in [1.807, 2.05) is 37.3 Å². The molecule has 0 aliphatic carbocycles. The third kappa shape index (κ3) is 3.08. The Bertz CT molecular complexity index is 374. The van der Waals surface area contributed by atoms with Gasteiger partial charge in [-0.1, -0.05) is 37.3 Å². The zero-order chi connectivity index (χ0) is 12.0. The highest BCUT2D eigenvalue weighted by atomic mass is 16.5. The third-order valence-corrected chi connectivity index (χ3v) is 2.32. The van der Waals surface area contributed by atoms with E-state index < -0.39 is 0 Å². The predicted octanol–water partition coefficient (Wildman–Crippen LogP) is 2.02. The molecule has 1 aromatic carbocycles. The Morgan fingerprint density at radius 2 is 2.06 bits per heavy atom. The molecule has 0 aromatic heterocycles. The van der Waals surface area contributed by atoms with Gasteiger partial charge in [-0.25, -0.2) is 0 Å². The summed E-state index contributed by atoms with van der Waals surface area (Å²) in [5.74, 6) is 4.61. The molecule has 1 atom stereocenters. The Kier molecular flexibility index (Phi) is 4.51. The lowest BCUT2D eigenvalue weighted by atomic mass is 9.97. The van der Waals surface area contributed by atoms with E-state index in [4.69, 9.17) is 10.6 Å². The van der Waals surface area contributed by atoms with E-state index in [1.54, 1.807) is 6.92 Å². The third-order valence-electron chi connectivity index (χ3n) is 2.32. The van der Waals surface area contributed by atoms with Crippen LogP contribution in [-0.2, 0) is 9.53 Å². The topological polar surface area (TPSA) is 64.7 Å². The van der Waals surface area contributed by atoms with Crippen LogP contribution in [-0.4, -0.2) is 11.9 Å². The molecule has 0 aliphatic rings. The molecule has 0 aliphatic heterocycles. The van der Waals surface area contributed by atoms with Gasteiger partial charge in [-0.05, 0) is 12.0 Å². The molecule has 2 N–H and O–H groups in total. The molecule has 0 spiro atoms. The van der Waals surface area contributed by atoms with Gasteiger partial charge >= 0.3 is 5.97 Å². The van der Waals surface area contributed by atoms with Crippen LogP contribution in [0.3, 0.4) is 0 Å². The molecule has 0 amide bonds. The maximum absolute atomic E-state index is 11.8. The summed E-state index contributed by atoms with van der Waals surface area (Å²) in [6, 6.07) is 9.52. The number of carbonyl (C=O) groups excluding carboxylic acids is 1. The SMILES string of the molecule is CCC(C(=O)OC(C)=NN)c1ccccc1. The van der Waals surface area contributed by atoms with Crippen molar-refractivity contribution in [2.45, 2.75) is 26.2 Å². The molecule has 4 heteroatoms. The number of nitrogens with zero attached hydrogens (tertiary/aromatic N) is 1. The number of hydrogen-bond donors (Lipinski definition) is 1. The van der Waals surface area contributed by atoms with Gasteiger partial charge < -0.3 is 10.6 Å². The maximum atomic E-state index is 11.8. The van der Waals surface area contributed by atoms with E-state index in [1.165, 1.54) is 0 Å². The molecule has 0 bridgehead atoms. The Morgan fingerprint density at radius 1 is 1.44 bits per heavy atom. The van der Waals surface area contributed by atoms with Crippen LogP contribution in [0.15, 0.2) is 35.4 Å². The average Bonchev–Trinajstić information content (AvgIpc) is 2.31. The van der Waals surface area contributed by atoms with Gasteiger partial charge in [-0.15, -0.1) is 5.10 Å². The summed E-state index contributed by atoms with van der Waals surface area (Å²) < 4.78 is 4.99. The second kappa shape index (κ2) is 5.90. The Labute approximate surface area is 95.1 Å². The molecule has 0 fully saturated rings. The van der Waals surface area contributed by atoms with Gasteiger partial charge in [-0.2, -0.15) is 0 Å². The van der Waals surface area contributed by atoms with Gasteiger partial charge in [0.25, 0.3) is 0 Å². The summed E-state index contributed by atoms with van der Waals surface area (Å²) in [4.78, 5) is 11.8. The van der Waals surface area contributed by atoms with E-state index in [2.05, 4.69) is 5.10 Å². The molecule has 0 saturated carbocycles. The standard InChI is InChI=1S/C12H16N2O2/c1-3-11(10-7-5-4-6-8-10)12(15)16-9(2)14-13/h4-8,11H,3,13H2,1-2H3. The molecular weight excluding hydrogens is 204 g/mol. The fraction of sp³-hybridized carbons (Fsp3) is 0.333. The molecule has 16 heavy (non-hydrogen) atoms. The molecular formula is C12H16N2O2. The smallest absolute Gasteiger partial charge is 0.319 e. The monoisotopic (exact) mass is 220 g/mol. The predicted molar refractivity (Wildman–Crippen MR) is 62.9 cm³/mol. The van der Waals surface area contributed by atoms with Crippen LogP contribution in [0, 0.1) is 0 Å². The number of carbonyl (C=O) groups is 1. The van der Waals surface area contributed by atoms with Crippen LogP contribution >= 0.6 is 0 Å². The van der Waals surface area contributed by atoms with Gasteiger partial charge in [0.2, 0.25) is 5.90 Å². The lowest BCUT2D eigenvalue weighted by Crippen LogP contribution is -2.18. The molecule has 4 nitrogen and oxygen atoms in total. The van der Waals surface area contributed by atoms with Crippen molar-refractivity contribution in [2.75, 3.05) is 0 Å². The summed E-state index contributed by atoms with van der Waals surface area (Å²) in [5.41, 5.74) is 0.944. The van der Waals surface area contributed by atoms with Gasteiger partial charge in [0, 0.05) is 6.92 Å². The molecule has 0 radical (unpaired) electrons. The number of nitrogens with two attached hydrogens (primary N) is 1. The zero-order valence-electron chi connectivity index (χ0n) is 9.51. The minimum atomic E-state index is -0.319. The van der Waals surface area contributed by atoms with Crippen LogP contribution in [0.5, 0.6) is 0 Å². The maximum Gasteiger partial charge on any atom is 0.319 e. The largest absolute Gasteiger partial charge is 0.410 e. The van der Waals surface area contributed by atoms with Crippen molar-refractivity contribution in [3.8, 4) is 0 Å². The highest BCUT2D eigenvalue weighted by molar-refractivity contribution is 5.90. The minimum absolute atomic E-state index is 0.180. The quantitative estimate of drug-likeness (QED) is 0.278. The molecule has 1 rings (SSSR count). The Morgan fingerprint density at radius 3 is 2.56 bits per heavy atom. The van der Waals surface area contributed by atoms with Crippen molar-refractivity contribution in [1.82, 2.24) is 0 Å². The van der Waals surface area contributed by atoms with Crippen molar-refractivity contribution >= 4 is 11.9 Å². The highest BCUT2D eigenvalue weighted by Gasteiger charge is 2.20. The van der Waals surface area contributed by atoms with Crippen LogP contribution in [0.25, 0.3) is 0 Å². The zero-order valence-corrected chi connectivity index (χ0v) is 9.51. The molecule has 0 saturated heterocycles. The minimum Gasteiger partial charge on any atom is -0.410 e. The van der Waals surface area contributed by atoms with E-state index >= 15 is 0 Å². The summed E-state index contributed by atoms with van der Waals surface area (Å²) in [6.07, 6.45) is 0.681. The van der Waals surface area contributed by atoms with E-state index in [-0.39, 0.29) is 17.8 Å². The van der Waals surface area contributed by atoms with E-state index in [9.17, 15) is 4.79 Å². The number of benzene rings is 1. The molecule has 86 valence electrons. The number of esters is 1. The van der Waals surface area contributed by atoms with Crippen LogP contribution < -0.4 is 5.84 Å². The molecule has 1 unspecified atom stereocenters. The van der Waals surface area contributed by atoms with Gasteiger partial charge in [0.05, 0.1) is 5.92 Å². The second-order valence-electron chi connectivity index (χ2n) is 3.44. The van der Waals surface area contributed by atoms with Crippen molar-refractivity contribution < 1.29 is 9.53 Å². The number of ether oxygens (including phenoxy) is 1. The lowest BCUT2D eigenvalue weighted by molar-refractivity contribution is -0.137. The first kappa shape index (κ1) is 12.2. The van der Waals surface area contributed by atoms with E-state index in [0.717, 1.165) is 5.56 Å². The first-order chi connectivity index (χ1) is 7.69. The first-order valence-corrected chi connectivity index (χ1v) is 5.20. The van der Waals surface area contributed by atoms with Gasteiger partial charge in [0.1, 0.15) is 0 Å². The van der Waals surface area contributed by atoms with Crippen molar-refractivity contribution in [3.05, 3.63) is 35.9 Å². The van der Waals surface area contributed by atoms with Crippen LogP contribution in [0.2, 0.25) is 0 Å². The summed E-state index contributed by atoms with van der Waals surface area (Å²) in [5, 5.41) is 3.31. The second-order valence-corrected chi connectivity index (χ2v) is 3.44. The number of hydrazone groups is 1. The summed E-state index contributed by atoms with van der Waals surface area (Å²) in [6.45, 7) is 3.49.